The Hall–Kier alpha value is -2.24. The SMILES string of the molecule is O=C(N/N=C/c1cccc([N+](=O)[O-])c1)C1CCC1. The fourth-order valence-corrected chi connectivity index (χ4v) is 1.65. The van der Waals surface area contributed by atoms with Crippen LogP contribution >= 0.6 is 0 Å². The summed E-state index contributed by atoms with van der Waals surface area (Å²) in [7, 11) is 0. The van der Waals surface area contributed by atoms with E-state index in [2.05, 4.69) is 10.5 Å². The van der Waals surface area contributed by atoms with Crippen LogP contribution in [0.15, 0.2) is 29.4 Å². The fourth-order valence-electron chi connectivity index (χ4n) is 1.65. The van der Waals surface area contributed by atoms with Crippen LogP contribution in [0.4, 0.5) is 5.69 Å². The van der Waals surface area contributed by atoms with E-state index in [1.165, 1.54) is 18.3 Å². The van der Waals surface area contributed by atoms with Gasteiger partial charge < -0.3 is 0 Å². The van der Waals surface area contributed by atoms with E-state index in [1.807, 2.05) is 0 Å². The highest BCUT2D eigenvalue weighted by molar-refractivity contribution is 5.84. The van der Waals surface area contributed by atoms with Gasteiger partial charge in [0.25, 0.3) is 5.69 Å². The van der Waals surface area contributed by atoms with Gasteiger partial charge in [0, 0.05) is 23.6 Å². The molecule has 0 radical (unpaired) electrons. The molecule has 1 N–H and O–H groups in total. The van der Waals surface area contributed by atoms with Crippen molar-refractivity contribution in [2.45, 2.75) is 19.3 Å². The third-order valence-corrected chi connectivity index (χ3v) is 2.95. The lowest BCUT2D eigenvalue weighted by molar-refractivity contribution is -0.384. The number of carbonyl (C=O) groups excluding carboxylic acids is 1. The normalized spacial score (nSPS) is 15.3. The summed E-state index contributed by atoms with van der Waals surface area (Å²) in [5, 5.41) is 14.4. The van der Waals surface area contributed by atoms with Crippen LogP contribution in [0.5, 0.6) is 0 Å². The van der Waals surface area contributed by atoms with E-state index in [1.54, 1.807) is 12.1 Å². The van der Waals surface area contributed by atoms with Gasteiger partial charge in [-0.15, -0.1) is 0 Å². The highest BCUT2D eigenvalue weighted by Crippen LogP contribution is 2.26. The Labute approximate surface area is 104 Å². The first kappa shape index (κ1) is 12.2. The van der Waals surface area contributed by atoms with E-state index in [0.29, 0.717) is 5.56 Å². The summed E-state index contributed by atoms with van der Waals surface area (Å²) in [4.78, 5) is 21.6. The van der Waals surface area contributed by atoms with Gasteiger partial charge in [-0.25, -0.2) is 5.43 Å². The van der Waals surface area contributed by atoms with Crippen LogP contribution in [0.25, 0.3) is 0 Å². The van der Waals surface area contributed by atoms with Gasteiger partial charge in [-0.3, -0.25) is 14.9 Å². The van der Waals surface area contributed by atoms with Gasteiger partial charge in [0.2, 0.25) is 5.91 Å². The molecule has 1 aliphatic carbocycles. The second kappa shape index (κ2) is 5.39. The Morgan fingerprint density at radius 2 is 2.28 bits per heavy atom. The molecule has 6 heteroatoms. The summed E-state index contributed by atoms with van der Waals surface area (Å²) < 4.78 is 0. The molecule has 1 saturated carbocycles. The number of hydrogen-bond donors (Lipinski definition) is 1. The summed E-state index contributed by atoms with van der Waals surface area (Å²) in [5.41, 5.74) is 3.03. The average Bonchev–Trinajstić information content (AvgIpc) is 2.27. The number of non-ortho nitro benzene ring substituents is 1. The van der Waals surface area contributed by atoms with Crippen molar-refractivity contribution in [1.82, 2.24) is 5.43 Å². The van der Waals surface area contributed by atoms with E-state index < -0.39 is 4.92 Å². The Morgan fingerprint density at radius 1 is 1.50 bits per heavy atom. The number of nitrogens with zero attached hydrogens (tertiary/aromatic N) is 2. The molecule has 1 aromatic rings. The number of amides is 1. The van der Waals surface area contributed by atoms with Crippen molar-refractivity contribution in [2.24, 2.45) is 11.0 Å². The van der Waals surface area contributed by atoms with Crippen LogP contribution in [-0.2, 0) is 4.79 Å². The zero-order valence-electron chi connectivity index (χ0n) is 9.70. The molecule has 0 aromatic heterocycles. The Balaban J connectivity index is 1.93. The highest BCUT2D eigenvalue weighted by atomic mass is 16.6. The zero-order chi connectivity index (χ0) is 13.0. The quantitative estimate of drug-likeness (QED) is 0.500. The highest BCUT2D eigenvalue weighted by Gasteiger charge is 2.24. The van der Waals surface area contributed by atoms with Crippen LogP contribution in [0, 0.1) is 16.0 Å². The molecule has 1 aliphatic rings. The molecule has 2 rings (SSSR count). The standard InChI is InChI=1S/C12H13N3O3/c16-12(10-4-2-5-10)14-13-8-9-3-1-6-11(7-9)15(17)18/h1,3,6-8,10H,2,4-5H2,(H,14,16)/b13-8+. The molecule has 6 nitrogen and oxygen atoms in total. The summed E-state index contributed by atoms with van der Waals surface area (Å²) in [6.07, 6.45) is 4.33. The second-order valence-corrected chi connectivity index (χ2v) is 4.21. The van der Waals surface area contributed by atoms with E-state index in [0.717, 1.165) is 19.3 Å². The van der Waals surface area contributed by atoms with Crippen molar-refractivity contribution in [1.29, 1.82) is 0 Å². The molecule has 1 fully saturated rings. The molecule has 1 aromatic carbocycles. The van der Waals surface area contributed by atoms with Gasteiger partial charge in [-0.1, -0.05) is 18.6 Å². The van der Waals surface area contributed by atoms with E-state index in [9.17, 15) is 14.9 Å². The summed E-state index contributed by atoms with van der Waals surface area (Å²) in [6, 6.07) is 6.07. The van der Waals surface area contributed by atoms with Gasteiger partial charge in [-0.2, -0.15) is 5.10 Å². The van der Waals surface area contributed by atoms with E-state index >= 15 is 0 Å². The number of rotatable bonds is 4. The third-order valence-electron chi connectivity index (χ3n) is 2.95. The molecule has 0 saturated heterocycles. The lowest BCUT2D eigenvalue weighted by atomic mass is 9.85. The molecule has 94 valence electrons. The van der Waals surface area contributed by atoms with Crippen molar-refractivity contribution in [3.8, 4) is 0 Å². The van der Waals surface area contributed by atoms with Crippen LogP contribution in [0.1, 0.15) is 24.8 Å². The van der Waals surface area contributed by atoms with Crippen molar-refractivity contribution < 1.29 is 9.72 Å². The number of hydrazone groups is 1. The first-order chi connectivity index (χ1) is 8.66. The number of carbonyl (C=O) groups is 1. The van der Waals surface area contributed by atoms with Crippen LogP contribution in [0.2, 0.25) is 0 Å². The maximum atomic E-state index is 11.5. The van der Waals surface area contributed by atoms with Gasteiger partial charge in [0.1, 0.15) is 0 Å². The third kappa shape index (κ3) is 2.91. The topological polar surface area (TPSA) is 84.6 Å². The summed E-state index contributed by atoms with van der Waals surface area (Å²) in [5.74, 6) is -0.00445. The number of nitro benzene ring substituents is 1. The smallest absolute Gasteiger partial charge is 0.270 e. The largest absolute Gasteiger partial charge is 0.273 e. The summed E-state index contributed by atoms with van der Waals surface area (Å²) in [6.45, 7) is 0. The molecular formula is C12H13N3O3. The zero-order valence-corrected chi connectivity index (χ0v) is 9.70. The Morgan fingerprint density at radius 3 is 2.89 bits per heavy atom. The minimum atomic E-state index is -0.468. The molecule has 1 amide bonds. The molecule has 0 heterocycles. The molecule has 0 bridgehead atoms. The van der Waals surface area contributed by atoms with Crippen molar-refractivity contribution in [3.05, 3.63) is 39.9 Å². The van der Waals surface area contributed by atoms with Crippen molar-refractivity contribution >= 4 is 17.8 Å². The van der Waals surface area contributed by atoms with Gasteiger partial charge in [0.05, 0.1) is 11.1 Å². The Kier molecular flexibility index (Phi) is 3.66. The molecule has 0 aliphatic heterocycles. The van der Waals surface area contributed by atoms with Gasteiger partial charge in [0.15, 0.2) is 0 Å². The van der Waals surface area contributed by atoms with Gasteiger partial charge in [-0.05, 0) is 12.8 Å². The second-order valence-electron chi connectivity index (χ2n) is 4.21. The number of nitrogens with one attached hydrogen (secondary N) is 1. The maximum Gasteiger partial charge on any atom is 0.270 e. The maximum absolute atomic E-state index is 11.5. The van der Waals surface area contributed by atoms with Crippen molar-refractivity contribution in [3.63, 3.8) is 0 Å². The first-order valence-corrected chi connectivity index (χ1v) is 5.74. The predicted molar refractivity (Wildman–Crippen MR) is 66.2 cm³/mol. The molecule has 0 unspecified atom stereocenters. The molecule has 0 spiro atoms. The predicted octanol–water partition coefficient (Wildman–Crippen LogP) is 1.84. The van der Waals surface area contributed by atoms with Crippen LogP contribution in [0.3, 0.4) is 0 Å². The summed E-state index contributed by atoms with van der Waals surface area (Å²) >= 11 is 0. The van der Waals surface area contributed by atoms with Crippen LogP contribution < -0.4 is 5.43 Å². The molecule has 18 heavy (non-hydrogen) atoms. The van der Waals surface area contributed by atoms with Gasteiger partial charge >= 0.3 is 0 Å². The first-order valence-electron chi connectivity index (χ1n) is 5.74. The monoisotopic (exact) mass is 247 g/mol. The fraction of sp³-hybridized carbons (Fsp3) is 0.333. The Bertz CT molecular complexity index is 495. The average molecular weight is 247 g/mol. The number of benzene rings is 1. The van der Waals surface area contributed by atoms with Crippen LogP contribution in [-0.4, -0.2) is 17.0 Å². The molecule has 0 atom stereocenters. The minimum absolute atomic E-state index is 0.00395. The van der Waals surface area contributed by atoms with Crippen molar-refractivity contribution in [2.75, 3.05) is 0 Å². The number of nitro groups is 1. The molecular weight excluding hydrogens is 234 g/mol. The number of hydrogen-bond acceptors (Lipinski definition) is 4. The minimum Gasteiger partial charge on any atom is -0.273 e. The van der Waals surface area contributed by atoms with E-state index in [4.69, 9.17) is 0 Å². The lowest BCUT2D eigenvalue weighted by Crippen LogP contribution is -2.31. The lowest BCUT2D eigenvalue weighted by Gasteiger charge is -2.22. The van der Waals surface area contributed by atoms with E-state index in [-0.39, 0.29) is 17.5 Å².